The summed E-state index contributed by atoms with van der Waals surface area (Å²) in [6.45, 7) is 0.788. The first kappa shape index (κ1) is 17.8. The molecular weight excluding hydrogens is 370 g/mol. The highest BCUT2D eigenvalue weighted by molar-refractivity contribution is 5.96. The highest BCUT2D eigenvalue weighted by atomic mass is 19.3. The lowest BCUT2D eigenvalue weighted by Crippen LogP contribution is -2.08. The van der Waals surface area contributed by atoms with Gasteiger partial charge in [-0.15, -0.1) is 5.10 Å². The molecule has 0 atom stereocenters. The number of rotatable bonds is 4. The Morgan fingerprint density at radius 2 is 1.86 bits per heavy atom. The highest BCUT2D eigenvalue weighted by Gasteiger charge is 2.19. The van der Waals surface area contributed by atoms with Crippen molar-refractivity contribution in [3.8, 4) is 17.0 Å². The molecule has 0 radical (unpaired) electrons. The zero-order valence-corrected chi connectivity index (χ0v) is 14.8. The molecule has 0 spiro atoms. The van der Waals surface area contributed by atoms with Gasteiger partial charge in [-0.2, -0.15) is 8.78 Å². The summed E-state index contributed by atoms with van der Waals surface area (Å²) in [5, 5.41) is 14.6. The van der Waals surface area contributed by atoms with E-state index in [9.17, 15) is 18.7 Å². The molecule has 28 heavy (non-hydrogen) atoms. The van der Waals surface area contributed by atoms with Crippen LogP contribution in [0, 0.1) is 13.8 Å². The average molecular weight is 384 g/mol. The molecule has 0 bridgehead atoms. The minimum atomic E-state index is -2.92. The number of fused-ring (bicyclic) bond motifs is 3. The maximum atomic E-state index is 12.3. The van der Waals surface area contributed by atoms with Crippen molar-refractivity contribution >= 4 is 22.6 Å². The van der Waals surface area contributed by atoms with Gasteiger partial charge in [0.15, 0.2) is 17.0 Å². The van der Waals surface area contributed by atoms with E-state index in [1.165, 1.54) is 34.8 Å². The Kier molecular flexibility index (Phi) is 4.14. The maximum absolute atomic E-state index is 12.3. The fourth-order valence-electron chi connectivity index (χ4n) is 3.13. The van der Waals surface area contributed by atoms with E-state index in [2.05, 4.69) is 19.8 Å². The number of aromatic nitrogens is 4. The number of aryl methyl sites for hydroxylation is 2. The molecule has 0 aliphatic rings. The monoisotopic (exact) mass is 384 g/mol. The minimum Gasteiger partial charge on any atom is -0.477 e. The molecule has 0 unspecified atom stereocenters. The van der Waals surface area contributed by atoms with Gasteiger partial charge in [-0.25, -0.2) is 19.3 Å². The van der Waals surface area contributed by atoms with Crippen LogP contribution in [0.25, 0.3) is 27.9 Å². The quantitative estimate of drug-likeness (QED) is 0.575. The van der Waals surface area contributed by atoms with Gasteiger partial charge in [0.1, 0.15) is 5.75 Å². The number of hydrogen-bond acceptors (Lipinski definition) is 5. The maximum Gasteiger partial charge on any atom is 0.387 e. The Hall–Kier alpha value is -3.62. The summed E-state index contributed by atoms with van der Waals surface area (Å²) in [7, 11) is 0. The second-order valence-electron chi connectivity index (χ2n) is 6.25. The lowest BCUT2D eigenvalue weighted by molar-refractivity contribution is -0.0498. The first-order valence-electron chi connectivity index (χ1n) is 8.30. The zero-order valence-electron chi connectivity index (χ0n) is 14.8. The predicted octanol–water partition coefficient (Wildman–Crippen LogP) is 3.86. The number of benzene rings is 1. The second kappa shape index (κ2) is 6.52. The first-order chi connectivity index (χ1) is 13.3. The van der Waals surface area contributed by atoms with Crippen LogP contribution in [0.15, 0.2) is 36.4 Å². The van der Waals surface area contributed by atoms with Crippen molar-refractivity contribution < 1.29 is 23.4 Å². The average Bonchev–Trinajstić information content (AvgIpc) is 2.99. The molecule has 0 saturated carbocycles. The Morgan fingerprint density at radius 3 is 2.50 bits per heavy atom. The number of alkyl halides is 2. The molecule has 0 saturated heterocycles. The van der Waals surface area contributed by atoms with Crippen molar-refractivity contribution in [3.05, 3.63) is 53.3 Å². The van der Waals surface area contributed by atoms with E-state index in [0.717, 1.165) is 11.3 Å². The number of nitrogens with zero attached hydrogens (tertiary/aromatic N) is 4. The zero-order chi connectivity index (χ0) is 20.0. The van der Waals surface area contributed by atoms with Crippen LogP contribution in [0.2, 0.25) is 0 Å². The number of aromatic carboxylic acids is 1. The first-order valence-corrected chi connectivity index (χ1v) is 8.30. The van der Waals surface area contributed by atoms with E-state index in [1.807, 2.05) is 19.9 Å². The van der Waals surface area contributed by atoms with E-state index < -0.39 is 12.6 Å². The predicted molar refractivity (Wildman–Crippen MR) is 96.8 cm³/mol. The summed E-state index contributed by atoms with van der Waals surface area (Å²) in [4.78, 5) is 20.7. The fraction of sp³-hybridized carbons (Fsp3) is 0.158. The molecule has 142 valence electrons. The molecule has 3 aromatic heterocycles. The van der Waals surface area contributed by atoms with Gasteiger partial charge in [-0.3, -0.25) is 0 Å². The molecule has 3 heterocycles. The third kappa shape index (κ3) is 3.00. The van der Waals surface area contributed by atoms with Crippen molar-refractivity contribution in [2.75, 3.05) is 0 Å². The summed E-state index contributed by atoms with van der Waals surface area (Å²) >= 11 is 0. The van der Waals surface area contributed by atoms with Crippen molar-refractivity contribution in [2.24, 2.45) is 0 Å². The number of pyridine rings is 1. The molecule has 0 fully saturated rings. The third-order valence-corrected chi connectivity index (χ3v) is 4.27. The van der Waals surface area contributed by atoms with Crippen molar-refractivity contribution in [1.82, 2.24) is 19.6 Å². The van der Waals surface area contributed by atoms with Gasteiger partial charge in [0, 0.05) is 11.3 Å². The molecule has 4 aromatic rings. The number of carbonyl (C=O) groups is 1. The molecule has 9 heteroatoms. The molecule has 0 aliphatic carbocycles. The SMILES string of the molecule is Cc1cc(C)c2c(n1)nn1c(C(=O)O)cc(-c3ccc(OC(F)F)cc3)nc21. The topological polar surface area (TPSA) is 89.6 Å². The van der Waals surface area contributed by atoms with E-state index in [-0.39, 0.29) is 11.4 Å². The summed E-state index contributed by atoms with van der Waals surface area (Å²) in [5.41, 5.74) is 3.25. The molecule has 1 aromatic carbocycles. The number of carboxylic acids is 1. The Morgan fingerprint density at radius 1 is 1.14 bits per heavy atom. The van der Waals surface area contributed by atoms with Crippen LogP contribution >= 0.6 is 0 Å². The summed E-state index contributed by atoms with van der Waals surface area (Å²) in [6.07, 6.45) is 0. The largest absolute Gasteiger partial charge is 0.477 e. The Labute approximate surface area is 157 Å². The molecular formula is C19H14F2N4O3. The number of hydrogen-bond donors (Lipinski definition) is 1. The van der Waals surface area contributed by atoms with Crippen molar-refractivity contribution in [3.63, 3.8) is 0 Å². The van der Waals surface area contributed by atoms with Gasteiger partial charge in [0.25, 0.3) is 0 Å². The Bertz CT molecular complexity index is 1220. The number of carboxylic acid groups (broad SMARTS) is 1. The normalized spacial score (nSPS) is 11.5. The molecule has 0 aliphatic heterocycles. The fourth-order valence-corrected chi connectivity index (χ4v) is 3.13. The molecule has 0 amide bonds. The highest BCUT2D eigenvalue weighted by Crippen LogP contribution is 2.27. The lowest BCUT2D eigenvalue weighted by atomic mass is 10.1. The van der Waals surface area contributed by atoms with Crippen LogP contribution in [0.4, 0.5) is 8.78 Å². The molecule has 7 nitrogen and oxygen atoms in total. The Balaban J connectivity index is 1.94. The van der Waals surface area contributed by atoms with Crippen molar-refractivity contribution in [2.45, 2.75) is 20.5 Å². The number of ether oxygens (including phenoxy) is 1. The van der Waals surface area contributed by atoms with Crippen LogP contribution in [0.3, 0.4) is 0 Å². The van der Waals surface area contributed by atoms with Crippen molar-refractivity contribution in [1.29, 1.82) is 0 Å². The molecule has 1 N–H and O–H groups in total. The van der Waals surface area contributed by atoms with E-state index in [4.69, 9.17) is 0 Å². The van der Waals surface area contributed by atoms with Gasteiger partial charge in [-0.1, -0.05) is 0 Å². The van der Waals surface area contributed by atoms with Crippen LogP contribution in [0.5, 0.6) is 5.75 Å². The smallest absolute Gasteiger partial charge is 0.387 e. The minimum absolute atomic E-state index is 0.00334. The molecule has 4 rings (SSSR count). The van der Waals surface area contributed by atoms with Crippen LogP contribution in [0.1, 0.15) is 21.7 Å². The van der Waals surface area contributed by atoms with Gasteiger partial charge >= 0.3 is 12.6 Å². The van der Waals surface area contributed by atoms with Gasteiger partial charge in [-0.05, 0) is 55.8 Å². The van der Waals surface area contributed by atoms with Gasteiger partial charge in [0.2, 0.25) is 0 Å². The number of halogens is 2. The van der Waals surface area contributed by atoms with Crippen LogP contribution < -0.4 is 4.74 Å². The second-order valence-corrected chi connectivity index (χ2v) is 6.25. The van der Waals surface area contributed by atoms with E-state index >= 15 is 0 Å². The van der Waals surface area contributed by atoms with Gasteiger partial charge < -0.3 is 9.84 Å². The summed E-state index contributed by atoms with van der Waals surface area (Å²) in [6, 6.07) is 9.07. The summed E-state index contributed by atoms with van der Waals surface area (Å²) < 4.78 is 30.2. The lowest BCUT2D eigenvalue weighted by Gasteiger charge is -2.07. The van der Waals surface area contributed by atoms with Crippen LogP contribution in [-0.2, 0) is 0 Å². The summed E-state index contributed by atoms with van der Waals surface area (Å²) in [5.74, 6) is -1.17. The van der Waals surface area contributed by atoms with Crippen LogP contribution in [-0.4, -0.2) is 37.3 Å². The third-order valence-electron chi connectivity index (χ3n) is 4.27. The standard InChI is InChI=1S/C19H14F2N4O3/c1-9-7-10(2)22-16-15(9)17-23-13(8-14(18(26)27)25(17)24-16)11-3-5-12(6-4-11)28-19(20)21/h3-8,19H,1-2H3,(H,26,27). The van der Waals surface area contributed by atoms with E-state index in [1.54, 1.807) is 0 Å². The van der Waals surface area contributed by atoms with Gasteiger partial charge in [0.05, 0.1) is 11.1 Å². The van der Waals surface area contributed by atoms with E-state index in [0.29, 0.717) is 27.9 Å².